The number of fused-ring (bicyclic) bond motifs is 3. The van der Waals surface area contributed by atoms with E-state index in [4.69, 9.17) is 9.47 Å². The van der Waals surface area contributed by atoms with Gasteiger partial charge in [-0.15, -0.1) is 0 Å². The van der Waals surface area contributed by atoms with E-state index in [1.54, 1.807) is 0 Å². The molecule has 1 aliphatic heterocycles. The van der Waals surface area contributed by atoms with Gasteiger partial charge in [-0.3, -0.25) is 0 Å². The second-order valence-electron chi connectivity index (χ2n) is 12.5. The van der Waals surface area contributed by atoms with Crippen LogP contribution in [0.2, 0.25) is 0 Å². The first kappa shape index (κ1) is 25.1. The summed E-state index contributed by atoms with van der Waals surface area (Å²) in [4.78, 5) is 0. The second kappa shape index (κ2) is 8.48. The quantitative estimate of drug-likeness (QED) is 0.254. The predicted octanol–water partition coefficient (Wildman–Crippen LogP) is 0.714. The Hall–Kier alpha value is -0.580. The molecule has 6 N–H and O–H groups in total. The van der Waals surface area contributed by atoms with E-state index in [9.17, 15) is 30.6 Å². The van der Waals surface area contributed by atoms with Crippen LogP contribution in [-0.4, -0.2) is 86.8 Å². The Labute approximate surface area is 201 Å². The van der Waals surface area contributed by atoms with Crippen LogP contribution in [0, 0.1) is 34.0 Å². The van der Waals surface area contributed by atoms with Crippen LogP contribution in [0.15, 0.2) is 12.2 Å². The van der Waals surface area contributed by atoms with E-state index in [1.165, 1.54) is 0 Å². The lowest BCUT2D eigenvalue weighted by Gasteiger charge is -2.67. The molecule has 1 spiro atoms. The summed E-state index contributed by atoms with van der Waals surface area (Å²) < 4.78 is 12.2. The number of ether oxygens (including phenoxy) is 2. The molecule has 0 aromatic carbocycles. The summed E-state index contributed by atoms with van der Waals surface area (Å²) in [5.41, 5.74) is -0.157. The largest absolute Gasteiger partial charge is 0.396 e. The summed E-state index contributed by atoms with van der Waals surface area (Å²) in [5.74, 6) is 0.372. The number of rotatable bonds is 4. The Balaban J connectivity index is 1.55. The molecule has 34 heavy (non-hydrogen) atoms. The maximum Gasteiger partial charge on any atom is 0.186 e. The van der Waals surface area contributed by atoms with Crippen LogP contribution < -0.4 is 0 Å². The molecular weight excluding hydrogens is 440 g/mol. The Morgan fingerprint density at radius 3 is 2.41 bits per heavy atom. The summed E-state index contributed by atoms with van der Waals surface area (Å²) >= 11 is 0. The van der Waals surface area contributed by atoms with Crippen LogP contribution in [-0.2, 0) is 9.47 Å². The first-order valence-corrected chi connectivity index (χ1v) is 13.0. The van der Waals surface area contributed by atoms with Crippen LogP contribution in [0.3, 0.4) is 0 Å². The Bertz CT molecular complexity index is 800. The van der Waals surface area contributed by atoms with Crippen molar-refractivity contribution in [2.75, 3.05) is 13.2 Å². The van der Waals surface area contributed by atoms with Crippen LogP contribution >= 0.6 is 0 Å². The molecule has 8 heteroatoms. The molecule has 0 aromatic heterocycles. The van der Waals surface area contributed by atoms with Crippen molar-refractivity contribution in [3.63, 3.8) is 0 Å². The molecule has 5 rings (SSSR count). The summed E-state index contributed by atoms with van der Waals surface area (Å²) in [6.07, 6.45) is -1.71. The summed E-state index contributed by atoms with van der Waals surface area (Å²) in [6.45, 7) is 8.13. The maximum atomic E-state index is 11.5. The van der Waals surface area contributed by atoms with E-state index < -0.39 is 60.4 Å². The first-order chi connectivity index (χ1) is 16.0. The van der Waals surface area contributed by atoms with Crippen LogP contribution in [0.5, 0.6) is 0 Å². The van der Waals surface area contributed by atoms with Crippen molar-refractivity contribution in [3.8, 4) is 0 Å². The summed E-state index contributed by atoms with van der Waals surface area (Å²) in [7, 11) is 0. The monoisotopic (exact) mass is 482 g/mol. The highest BCUT2D eigenvalue weighted by atomic mass is 16.7. The van der Waals surface area contributed by atoms with E-state index in [-0.39, 0.29) is 29.8 Å². The molecule has 194 valence electrons. The Morgan fingerprint density at radius 1 is 1.00 bits per heavy atom. The summed E-state index contributed by atoms with van der Waals surface area (Å²) in [6, 6.07) is 0. The van der Waals surface area contributed by atoms with E-state index in [1.807, 2.05) is 0 Å². The van der Waals surface area contributed by atoms with Crippen molar-refractivity contribution in [3.05, 3.63) is 12.2 Å². The molecule has 8 nitrogen and oxygen atoms in total. The Kier molecular flexibility index (Phi) is 6.26. The third kappa shape index (κ3) is 3.33. The molecule has 4 saturated carbocycles. The van der Waals surface area contributed by atoms with Crippen LogP contribution in [0.1, 0.15) is 58.8 Å². The highest BCUT2D eigenvalue weighted by Gasteiger charge is 2.70. The van der Waals surface area contributed by atoms with Gasteiger partial charge in [0.05, 0.1) is 18.8 Å². The highest BCUT2D eigenvalue weighted by molar-refractivity contribution is 5.28. The van der Waals surface area contributed by atoms with Gasteiger partial charge in [-0.2, -0.15) is 0 Å². The van der Waals surface area contributed by atoms with Crippen molar-refractivity contribution < 1.29 is 40.1 Å². The molecule has 0 amide bonds. The van der Waals surface area contributed by atoms with Crippen molar-refractivity contribution in [1.82, 2.24) is 0 Å². The van der Waals surface area contributed by atoms with Gasteiger partial charge in [-0.25, -0.2) is 0 Å². The highest BCUT2D eigenvalue weighted by Crippen LogP contribution is 2.72. The third-order valence-electron chi connectivity index (χ3n) is 10.6. The van der Waals surface area contributed by atoms with Crippen LogP contribution in [0.25, 0.3) is 0 Å². The molecule has 2 bridgehead atoms. The fraction of sp³-hybridized carbons (Fsp3) is 0.923. The fourth-order valence-electron chi connectivity index (χ4n) is 9.25. The molecule has 4 aliphatic carbocycles. The molecular formula is C26H42O8. The lowest BCUT2D eigenvalue weighted by atomic mass is 9.39. The molecule has 1 saturated heterocycles. The molecule has 12 unspecified atom stereocenters. The topological polar surface area (TPSA) is 140 Å². The summed E-state index contributed by atoms with van der Waals surface area (Å²) in [5, 5.41) is 63.4. The zero-order valence-corrected chi connectivity index (χ0v) is 20.3. The second-order valence-corrected chi connectivity index (χ2v) is 12.5. The maximum absolute atomic E-state index is 11.5. The van der Waals surface area contributed by atoms with Crippen molar-refractivity contribution in [2.24, 2.45) is 34.0 Å². The minimum Gasteiger partial charge on any atom is -0.396 e. The minimum absolute atomic E-state index is 0.00587. The number of aliphatic hydroxyl groups is 6. The zero-order chi connectivity index (χ0) is 24.6. The Morgan fingerprint density at radius 2 is 1.74 bits per heavy atom. The molecule has 5 aliphatic rings. The van der Waals surface area contributed by atoms with E-state index in [0.717, 1.165) is 44.1 Å². The smallest absolute Gasteiger partial charge is 0.186 e. The van der Waals surface area contributed by atoms with Gasteiger partial charge in [-0.1, -0.05) is 26.8 Å². The molecule has 0 radical (unpaired) electrons. The SMILES string of the molecule is C=C1C2CCC3C(C2)(CC(OC2OC(CO)C(O)C(O)C2O)C2C(C)(C)CCCC23CO)C1O. The van der Waals surface area contributed by atoms with E-state index in [0.29, 0.717) is 6.42 Å². The minimum atomic E-state index is -1.51. The normalized spacial score (nSPS) is 54.4. The average Bonchev–Trinajstić information content (AvgIpc) is 2.98. The number of aliphatic hydroxyl groups excluding tert-OH is 6. The molecule has 0 aromatic rings. The lowest BCUT2D eigenvalue weighted by molar-refractivity contribution is -0.339. The first-order valence-electron chi connectivity index (χ1n) is 13.0. The van der Waals surface area contributed by atoms with Crippen molar-refractivity contribution >= 4 is 0 Å². The van der Waals surface area contributed by atoms with Crippen LogP contribution in [0.4, 0.5) is 0 Å². The standard InChI is InChI=1S/C26H42O8/c1-13-14-5-6-17-25(12-28)8-4-7-24(2,3)21(25)15(10-26(17,9-14)22(13)32)33-23-20(31)19(30)18(29)16(11-27)34-23/h14-23,27-32H,1,4-12H2,2-3H3. The molecule has 12 atom stereocenters. The van der Waals surface area contributed by atoms with Gasteiger partial charge in [0.15, 0.2) is 6.29 Å². The number of hydrogen-bond donors (Lipinski definition) is 6. The van der Waals surface area contributed by atoms with Gasteiger partial charge in [0, 0.05) is 17.4 Å². The number of hydrogen-bond acceptors (Lipinski definition) is 8. The third-order valence-corrected chi connectivity index (χ3v) is 10.6. The predicted molar refractivity (Wildman–Crippen MR) is 122 cm³/mol. The van der Waals surface area contributed by atoms with Crippen molar-refractivity contribution in [2.45, 2.75) is 102 Å². The van der Waals surface area contributed by atoms with E-state index >= 15 is 0 Å². The van der Waals surface area contributed by atoms with Gasteiger partial charge in [0.2, 0.25) is 0 Å². The lowest BCUT2D eigenvalue weighted by Crippen LogP contribution is -2.67. The van der Waals surface area contributed by atoms with Gasteiger partial charge in [0.1, 0.15) is 24.4 Å². The average molecular weight is 483 g/mol. The molecule has 5 fully saturated rings. The van der Waals surface area contributed by atoms with Gasteiger partial charge < -0.3 is 40.1 Å². The van der Waals surface area contributed by atoms with E-state index in [2.05, 4.69) is 20.4 Å². The zero-order valence-electron chi connectivity index (χ0n) is 20.3. The van der Waals surface area contributed by atoms with Crippen molar-refractivity contribution in [1.29, 1.82) is 0 Å². The fourth-order valence-corrected chi connectivity index (χ4v) is 9.25. The van der Waals surface area contributed by atoms with Gasteiger partial charge >= 0.3 is 0 Å². The van der Waals surface area contributed by atoms with Gasteiger partial charge in [0.25, 0.3) is 0 Å². The molecule has 1 heterocycles. The van der Waals surface area contributed by atoms with Gasteiger partial charge in [-0.05, 0) is 67.3 Å².